The highest BCUT2D eigenvalue weighted by molar-refractivity contribution is 6.49. The molecular weight excluding hydrogens is 298 g/mol. The molecule has 0 heterocycles. The normalized spacial score (nSPS) is 14.1. The van der Waals surface area contributed by atoms with E-state index in [2.05, 4.69) is 5.32 Å². The third kappa shape index (κ3) is 2.55. The van der Waals surface area contributed by atoms with Crippen molar-refractivity contribution in [2.45, 2.75) is 13.5 Å². The Balaban J connectivity index is 1.89. The van der Waals surface area contributed by atoms with Crippen molar-refractivity contribution in [3.8, 4) is 0 Å². The molecule has 4 heteroatoms. The predicted molar refractivity (Wildman–Crippen MR) is 86.0 cm³/mol. The second-order valence-electron chi connectivity index (χ2n) is 5.24. The molecular formula is C18H14ClNO2. The monoisotopic (exact) mass is 311 g/mol. The summed E-state index contributed by atoms with van der Waals surface area (Å²) < 4.78 is 0. The Hall–Kier alpha value is -2.39. The number of allylic oxidation sites excluding steroid dienone is 2. The third-order valence-electron chi connectivity index (χ3n) is 3.61. The van der Waals surface area contributed by atoms with E-state index in [1.54, 1.807) is 24.3 Å². The zero-order valence-electron chi connectivity index (χ0n) is 12.0. The molecule has 0 aromatic heterocycles. The molecule has 0 unspecified atom stereocenters. The summed E-state index contributed by atoms with van der Waals surface area (Å²) in [7, 11) is 0. The summed E-state index contributed by atoms with van der Waals surface area (Å²) in [4.78, 5) is 24.8. The number of hydrogen-bond donors (Lipinski definition) is 1. The van der Waals surface area contributed by atoms with Gasteiger partial charge >= 0.3 is 0 Å². The number of halogens is 1. The molecule has 0 aliphatic heterocycles. The quantitative estimate of drug-likeness (QED) is 0.942. The zero-order valence-corrected chi connectivity index (χ0v) is 12.8. The predicted octanol–water partition coefficient (Wildman–Crippen LogP) is 3.61. The van der Waals surface area contributed by atoms with Gasteiger partial charge in [0.05, 0.1) is 0 Å². The number of nitrogens with one attached hydrogen (secondary N) is 1. The Kier molecular flexibility index (Phi) is 3.82. The van der Waals surface area contributed by atoms with E-state index in [0.29, 0.717) is 17.7 Å². The van der Waals surface area contributed by atoms with Crippen LogP contribution in [0.15, 0.2) is 59.3 Å². The van der Waals surface area contributed by atoms with Crippen molar-refractivity contribution in [2.24, 2.45) is 0 Å². The van der Waals surface area contributed by atoms with Gasteiger partial charge in [0.2, 0.25) is 11.6 Å². The number of hydrogen-bond acceptors (Lipinski definition) is 3. The summed E-state index contributed by atoms with van der Waals surface area (Å²) >= 11 is 6.10. The summed E-state index contributed by atoms with van der Waals surface area (Å²) in [6.07, 6.45) is 0. The molecule has 22 heavy (non-hydrogen) atoms. The Morgan fingerprint density at radius 3 is 2.32 bits per heavy atom. The summed E-state index contributed by atoms with van der Waals surface area (Å²) in [5.74, 6) is -0.559. The van der Waals surface area contributed by atoms with Crippen molar-refractivity contribution < 1.29 is 9.59 Å². The lowest BCUT2D eigenvalue weighted by molar-refractivity contribution is 0.0974. The van der Waals surface area contributed by atoms with Crippen molar-refractivity contribution in [3.63, 3.8) is 0 Å². The van der Waals surface area contributed by atoms with Crippen LogP contribution in [0.4, 0.5) is 0 Å². The lowest BCUT2D eigenvalue weighted by Crippen LogP contribution is -2.28. The van der Waals surface area contributed by atoms with E-state index in [1.807, 2.05) is 31.2 Å². The maximum Gasteiger partial charge on any atom is 0.211 e. The first kappa shape index (κ1) is 14.5. The summed E-state index contributed by atoms with van der Waals surface area (Å²) in [6.45, 7) is 2.44. The molecule has 1 aliphatic carbocycles. The summed E-state index contributed by atoms with van der Waals surface area (Å²) in [5.41, 5.74) is 3.08. The zero-order chi connectivity index (χ0) is 15.7. The lowest BCUT2D eigenvalue weighted by Gasteiger charge is -2.19. The Labute approximate surface area is 133 Å². The molecule has 2 aromatic carbocycles. The number of fused-ring (bicyclic) bond motifs is 1. The number of carbonyl (C=O) groups excluding carboxylic acids is 2. The molecule has 0 radical (unpaired) electrons. The van der Waals surface area contributed by atoms with Gasteiger partial charge in [-0.1, -0.05) is 65.7 Å². The van der Waals surface area contributed by atoms with Crippen LogP contribution in [0.2, 0.25) is 0 Å². The second kappa shape index (κ2) is 5.78. The van der Waals surface area contributed by atoms with Crippen molar-refractivity contribution in [1.29, 1.82) is 0 Å². The molecule has 0 atom stereocenters. The van der Waals surface area contributed by atoms with Gasteiger partial charge in [-0.05, 0) is 12.5 Å². The minimum Gasteiger partial charge on any atom is -0.376 e. The van der Waals surface area contributed by atoms with Crippen LogP contribution in [0.1, 0.15) is 31.8 Å². The Morgan fingerprint density at radius 1 is 0.955 bits per heavy atom. The van der Waals surface area contributed by atoms with Crippen LogP contribution in [-0.4, -0.2) is 11.6 Å². The van der Waals surface area contributed by atoms with Gasteiger partial charge in [0, 0.05) is 17.7 Å². The fraction of sp³-hybridized carbons (Fsp3) is 0.111. The maximum absolute atomic E-state index is 12.5. The fourth-order valence-electron chi connectivity index (χ4n) is 2.52. The molecule has 0 bridgehead atoms. The van der Waals surface area contributed by atoms with Gasteiger partial charge in [-0.3, -0.25) is 9.59 Å². The topological polar surface area (TPSA) is 46.2 Å². The van der Waals surface area contributed by atoms with Crippen molar-refractivity contribution >= 4 is 23.2 Å². The third-order valence-corrected chi connectivity index (χ3v) is 3.97. The van der Waals surface area contributed by atoms with Crippen LogP contribution in [0.3, 0.4) is 0 Å². The number of ketones is 2. The molecule has 0 saturated carbocycles. The molecule has 0 saturated heterocycles. The van der Waals surface area contributed by atoms with E-state index >= 15 is 0 Å². The Bertz CT molecular complexity index is 808. The average Bonchev–Trinajstić information content (AvgIpc) is 2.53. The molecule has 0 spiro atoms. The van der Waals surface area contributed by atoms with Crippen molar-refractivity contribution in [3.05, 3.63) is 81.5 Å². The van der Waals surface area contributed by atoms with Crippen molar-refractivity contribution in [1.82, 2.24) is 5.32 Å². The standard InChI is InChI=1S/C18H14ClNO2/c1-11-5-4-6-12(9-11)10-20-16-15(19)17(21)13-7-2-3-8-14(13)18(16)22/h2-9,20H,10H2,1H3. The minimum absolute atomic E-state index is 0.0450. The SMILES string of the molecule is Cc1cccc(CNC2=C(Cl)C(=O)c3ccccc3C2=O)c1. The molecule has 3 nitrogen and oxygen atoms in total. The highest BCUT2D eigenvalue weighted by atomic mass is 35.5. The highest BCUT2D eigenvalue weighted by Crippen LogP contribution is 2.27. The first-order chi connectivity index (χ1) is 10.6. The van der Waals surface area contributed by atoms with Gasteiger partial charge in [-0.2, -0.15) is 0 Å². The lowest BCUT2D eigenvalue weighted by atomic mass is 9.92. The number of rotatable bonds is 3. The smallest absolute Gasteiger partial charge is 0.211 e. The van der Waals surface area contributed by atoms with Crippen LogP contribution < -0.4 is 5.32 Å². The van der Waals surface area contributed by atoms with Crippen LogP contribution in [0.25, 0.3) is 0 Å². The molecule has 1 N–H and O–H groups in total. The van der Waals surface area contributed by atoms with Gasteiger partial charge < -0.3 is 5.32 Å². The van der Waals surface area contributed by atoms with E-state index in [9.17, 15) is 9.59 Å². The van der Waals surface area contributed by atoms with E-state index in [1.165, 1.54) is 0 Å². The molecule has 0 fully saturated rings. The average molecular weight is 312 g/mol. The van der Waals surface area contributed by atoms with Gasteiger partial charge in [0.25, 0.3) is 0 Å². The van der Waals surface area contributed by atoms with Crippen LogP contribution in [0.5, 0.6) is 0 Å². The van der Waals surface area contributed by atoms with Gasteiger partial charge in [-0.15, -0.1) is 0 Å². The molecule has 2 aromatic rings. The molecule has 0 amide bonds. The molecule has 3 rings (SSSR count). The maximum atomic E-state index is 12.5. The van der Waals surface area contributed by atoms with Gasteiger partial charge in [-0.25, -0.2) is 0 Å². The summed E-state index contributed by atoms with van der Waals surface area (Å²) in [6, 6.07) is 14.7. The van der Waals surface area contributed by atoms with Crippen molar-refractivity contribution in [2.75, 3.05) is 0 Å². The molecule has 110 valence electrons. The number of carbonyl (C=O) groups is 2. The van der Waals surface area contributed by atoms with Crippen LogP contribution in [-0.2, 0) is 6.54 Å². The highest BCUT2D eigenvalue weighted by Gasteiger charge is 2.30. The van der Waals surface area contributed by atoms with E-state index in [-0.39, 0.29) is 22.3 Å². The number of benzene rings is 2. The minimum atomic E-state index is -0.316. The van der Waals surface area contributed by atoms with E-state index < -0.39 is 0 Å². The number of aryl methyl sites for hydroxylation is 1. The molecule has 1 aliphatic rings. The first-order valence-electron chi connectivity index (χ1n) is 6.95. The van der Waals surface area contributed by atoms with Crippen LogP contribution in [0, 0.1) is 6.92 Å². The second-order valence-corrected chi connectivity index (χ2v) is 5.61. The van der Waals surface area contributed by atoms with E-state index in [0.717, 1.165) is 11.1 Å². The van der Waals surface area contributed by atoms with E-state index in [4.69, 9.17) is 11.6 Å². The van der Waals surface area contributed by atoms with Crippen LogP contribution >= 0.6 is 11.6 Å². The largest absolute Gasteiger partial charge is 0.376 e. The van der Waals surface area contributed by atoms with Gasteiger partial charge in [0.1, 0.15) is 10.7 Å². The van der Waals surface area contributed by atoms with Gasteiger partial charge in [0.15, 0.2) is 0 Å². The summed E-state index contributed by atoms with van der Waals surface area (Å²) in [5, 5.41) is 2.97. The number of Topliss-reactive ketones (excluding diaryl/α,β-unsaturated/α-hetero) is 2. The Morgan fingerprint density at radius 2 is 1.64 bits per heavy atom. The first-order valence-corrected chi connectivity index (χ1v) is 7.33. The fourth-order valence-corrected chi connectivity index (χ4v) is 2.77.